The summed E-state index contributed by atoms with van der Waals surface area (Å²) < 4.78 is 0. The van der Waals surface area contributed by atoms with Gasteiger partial charge in [-0.2, -0.15) is 0 Å². The van der Waals surface area contributed by atoms with Crippen molar-refractivity contribution in [1.82, 2.24) is 0 Å². The molecule has 1 aromatic carbocycles. The monoisotopic (exact) mass is 212 g/mol. The number of para-hydroxylation sites is 2. The van der Waals surface area contributed by atoms with Crippen LogP contribution in [0.2, 0.25) is 0 Å². The Kier molecular flexibility index (Phi) is 3.23. The molecular weight excluding hydrogens is 200 g/mol. The summed E-state index contributed by atoms with van der Waals surface area (Å²) in [5, 5.41) is 31.5. The molecule has 0 atom stereocenters. The van der Waals surface area contributed by atoms with Gasteiger partial charge in [0, 0.05) is 12.5 Å². The van der Waals surface area contributed by atoms with Gasteiger partial charge in [-0.3, -0.25) is 10.1 Å². The molecule has 1 rings (SSSR count). The fraction of sp³-hybridized carbons (Fsp3) is 0.333. The van der Waals surface area contributed by atoms with Crippen LogP contribution >= 0.6 is 0 Å². The summed E-state index contributed by atoms with van der Waals surface area (Å²) in [4.78, 5) is 10.0. The second-order valence-corrected chi connectivity index (χ2v) is 3.07. The summed E-state index contributed by atoms with van der Waals surface area (Å²) in [5.41, 5.74) is -0.118. The minimum absolute atomic E-state index is 0.0129. The van der Waals surface area contributed by atoms with E-state index in [-0.39, 0.29) is 17.8 Å². The lowest BCUT2D eigenvalue weighted by Gasteiger charge is -2.21. The first kappa shape index (κ1) is 11.4. The highest BCUT2D eigenvalue weighted by molar-refractivity contribution is 5.61. The van der Waals surface area contributed by atoms with Crippen molar-refractivity contribution >= 4 is 11.4 Å². The predicted octanol–water partition coefficient (Wildman–Crippen LogP) is 1.06. The average Bonchev–Trinajstić information content (AvgIpc) is 2.18. The molecule has 0 unspecified atom stereocenters. The fourth-order valence-corrected chi connectivity index (χ4v) is 1.04. The Morgan fingerprint density at radius 2 is 2.07 bits per heavy atom. The van der Waals surface area contributed by atoms with Gasteiger partial charge in [0.1, 0.15) is 5.69 Å². The van der Waals surface area contributed by atoms with Gasteiger partial charge in [-0.25, -0.2) is 0 Å². The highest BCUT2D eigenvalue weighted by Crippen LogP contribution is 2.25. The van der Waals surface area contributed by atoms with Crippen LogP contribution in [0.1, 0.15) is 13.3 Å². The van der Waals surface area contributed by atoms with E-state index in [1.54, 1.807) is 13.0 Å². The van der Waals surface area contributed by atoms with Crippen molar-refractivity contribution in [2.75, 3.05) is 5.32 Å². The molecule has 15 heavy (non-hydrogen) atoms. The smallest absolute Gasteiger partial charge is 0.292 e. The molecule has 1 aromatic rings. The fourth-order valence-electron chi connectivity index (χ4n) is 1.04. The van der Waals surface area contributed by atoms with E-state index in [4.69, 9.17) is 0 Å². The van der Waals surface area contributed by atoms with Crippen LogP contribution in [0.25, 0.3) is 0 Å². The van der Waals surface area contributed by atoms with Crippen molar-refractivity contribution in [3.05, 3.63) is 34.4 Å². The largest absolute Gasteiger partial charge is 0.349 e. The third-order valence-electron chi connectivity index (χ3n) is 1.93. The van der Waals surface area contributed by atoms with Gasteiger partial charge < -0.3 is 15.5 Å². The number of anilines is 1. The molecule has 0 amide bonds. The third-order valence-corrected chi connectivity index (χ3v) is 1.93. The van der Waals surface area contributed by atoms with E-state index in [9.17, 15) is 20.3 Å². The van der Waals surface area contributed by atoms with Gasteiger partial charge in [0.25, 0.3) is 5.69 Å². The Hall–Kier alpha value is -1.66. The lowest BCUT2D eigenvalue weighted by molar-refractivity contribution is -0.384. The number of nitrogens with zero attached hydrogens (tertiary/aromatic N) is 1. The first-order chi connectivity index (χ1) is 6.96. The highest BCUT2D eigenvalue weighted by atomic mass is 16.6. The van der Waals surface area contributed by atoms with Crippen LogP contribution in [0.15, 0.2) is 24.3 Å². The number of rotatable bonds is 4. The van der Waals surface area contributed by atoms with Crippen LogP contribution < -0.4 is 5.32 Å². The van der Waals surface area contributed by atoms with Crippen LogP contribution in [0.3, 0.4) is 0 Å². The van der Waals surface area contributed by atoms with E-state index in [0.717, 1.165) is 0 Å². The van der Waals surface area contributed by atoms with Crippen LogP contribution in [-0.4, -0.2) is 21.0 Å². The molecule has 6 heteroatoms. The van der Waals surface area contributed by atoms with Crippen molar-refractivity contribution in [3.8, 4) is 0 Å². The van der Waals surface area contributed by atoms with E-state index in [1.165, 1.54) is 18.2 Å². The third kappa shape index (κ3) is 2.90. The lowest BCUT2D eigenvalue weighted by Crippen LogP contribution is -2.36. The molecule has 0 bridgehead atoms. The second kappa shape index (κ2) is 4.24. The van der Waals surface area contributed by atoms with Crippen LogP contribution in [-0.2, 0) is 0 Å². The maximum absolute atomic E-state index is 10.6. The van der Waals surface area contributed by atoms with Gasteiger partial charge in [-0.1, -0.05) is 19.1 Å². The number of hydrogen-bond donors (Lipinski definition) is 3. The Morgan fingerprint density at radius 1 is 1.47 bits per heavy atom. The maximum atomic E-state index is 10.6. The van der Waals surface area contributed by atoms with E-state index >= 15 is 0 Å². The lowest BCUT2D eigenvalue weighted by atomic mass is 10.2. The van der Waals surface area contributed by atoms with E-state index in [1.807, 2.05) is 0 Å². The first-order valence-electron chi connectivity index (χ1n) is 4.42. The molecule has 0 fully saturated rings. The van der Waals surface area contributed by atoms with Crippen molar-refractivity contribution in [2.45, 2.75) is 19.3 Å². The zero-order valence-electron chi connectivity index (χ0n) is 8.17. The average molecular weight is 212 g/mol. The molecule has 82 valence electrons. The molecule has 0 saturated heterocycles. The van der Waals surface area contributed by atoms with E-state index in [0.29, 0.717) is 0 Å². The van der Waals surface area contributed by atoms with Crippen molar-refractivity contribution < 1.29 is 15.1 Å². The summed E-state index contributed by atoms with van der Waals surface area (Å²) in [6.45, 7) is 1.54. The predicted molar refractivity (Wildman–Crippen MR) is 54.2 cm³/mol. The number of nitro groups is 1. The minimum atomic E-state index is -2.13. The molecule has 0 aliphatic carbocycles. The molecule has 3 N–H and O–H groups in total. The molecule has 0 heterocycles. The van der Waals surface area contributed by atoms with Gasteiger partial charge in [-0.15, -0.1) is 0 Å². The SMILES string of the molecule is CCC(O)(O)Nc1ccccc1[N+](=O)[O-]. The minimum Gasteiger partial charge on any atom is -0.349 e. The standard InChI is InChI=1S/C9H12N2O4/c1-2-9(12,13)10-7-5-3-4-6-8(7)11(14)15/h3-6,10,12-13H,2H2,1H3. The zero-order chi connectivity index (χ0) is 11.5. The Morgan fingerprint density at radius 3 is 2.60 bits per heavy atom. The molecule has 0 spiro atoms. The number of aliphatic hydroxyl groups is 2. The van der Waals surface area contributed by atoms with Gasteiger partial charge in [0.2, 0.25) is 5.91 Å². The van der Waals surface area contributed by atoms with Gasteiger partial charge in [-0.05, 0) is 6.07 Å². The molecule has 0 radical (unpaired) electrons. The second-order valence-electron chi connectivity index (χ2n) is 3.07. The molecule has 0 saturated carbocycles. The highest BCUT2D eigenvalue weighted by Gasteiger charge is 2.23. The zero-order valence-corrected chi connectivity index (χ0v) is 8.17. The van der Waals surface area contributed by atoms with Crippen LogP contribution in [0.4, 0.5) is 11.4 Å². The molecule has 0 aliphatic heterocycles. The van der Waals surface area contributed by atoms with Crippen molar-refractivity contribution in [1.29, 1.82) is 0 Å². The molecule has 0 aliphatic rings. The van der Waals surface area contributed by atoms with Gasteiger partial charge in [0.15, 0.2) is 0 Å². The molecule has 0 aromatic heterocycles. The number of hydrogen-bond acceptors (Lipinski definition) is 5. The van der Waals surface area contributed by atoms with Crippen molar-refractivity contribution in [3.63, 3.8) is 0 Å². The molecule has 6 nitrogen and oxygen atoms in total. The van der Waals surface area contributed by atoms with Gasteiger partial charge >= 0.3 is 0 Å². The topological polar surface area (TPSA) is 95.6 Å². The summed E-state index contributed by atoms with van der Waals surface area (Å²) >= 11 is 0. The normalized spacial score (nSPS) is 11.1. The summed E-state index contributed by atoms with van der Waals surface area (Å²) in [5.74, 6) is -2.13. The van der Waals surface area contributed by atoms with Crippen LogP contribution in [0.5, 0.6) is 0 Å². The summed E-state index contributed by atoms with van der Waals surface area (Å²) in [6.07, 6.45) is 0.0129. The molecular formula is C9H12N2O4. The number of nitro benzene ring substituents is 1. The number of nitrogens with one attached hydrogen (secondary N) is 1. The Labute approximate surface area is 86.3 Å². The van der Waals surface area contributed by atoms with Crippen molar-refractivity contribution in [2.24, 2.45) is 0 Å². The van der Waals surface area contributed by atoms with Gasteiger partial charge in [0.05, 0.1) is 4.92 Å². The van der Waals surface area contributed by atoms with E-state index < -0.39 is 10.8 Å². The first-order valence-corrected chi connectivity index (χ1v) is 4.42. The summed E-state index contributed by atoms with van der Waals surface area (Å²) in [6, 6.07) is 5.77. The Bertz CT molecular complexity index is 365. The Balaban J connectivity index is 2.99. The summed E-state index contributed by atoms with van der Waals surface area (Å²) in [7, 11) is 0. The van der Waals surface area contributed by atoms with E-state index in [2.05, 4.69) is 5.32 Å². The quantitative estimate of drug-likeness (QED) is 0.394. The number of benzene rings is 1. The van der Waals surface area contributed by atoms with Crippen LogP contribution in [0, 0.1) is 10.1 Å². The maximum Gasteiger partial charge on any atom is 0.292 e.